The molecule has 1 heterocycles. The summed E-state index contributed by atoms with van der Waals surface area (Å²) in [5.41, 5.74) is 1.47. The van der Waals surface area contributed by atoms with Crippen molar-refractivity contribution >= 4 is 23.2 Å². The molecule has 2 N–H and O–H groups in total. The predicted molar refractivity (Wildman–Crippen MR) is 117 cm³/mol. The van der Waals surface area contributed by atoms with E-state index < -0.39 is 17.3 Å². The molecule has 0 aliphatic carbocycles. The van der Waals surface area contributed by atoms with E-state index in [4.69, 9.17) is 0 Å². The molecular weight excluding hydrogens is 395 g/mol. The second-order valence-corrected chi connectivity index (χ2v) is 7.64. The number of aliphatic hydroxyl groups is 1. The van der Waals surface area contributed by atoms with Gasteiger partial charge in [-0.3, -0.25) is 14.5 Å². The molecular formula is C25H23FN2O3. The van der Waals surface area contributed by atoms with Gasteiger partial charge in [-0.2, -0.15) is 0 Å². The van der Waals surface area contributed by atoms with Gasteiger partial charge in [-0.05, 0) is 42.7 Å². The fourth-order valence-corrected chi connectivity index (χ4v) is 4.11. The Balaban J connectivity index is 1.67. The van der Waals surface area contributed by atoms with Gasteiger partial charge >= 0.3 is 0 Å². The van der Waals surface area contributed by atoms with Crippen molar-refractivity contribution in [2.24, 2.45) is 0 Å². The highest BCUT2D eigenvalue weighted by atomic mass is 19.1. The van der Waals surface area contributed by atoms with E-state index in [1.807, 2.05) is 32.0 Å². The maximum atomic E-state index is 13.9. The molecule has 31 heavy (non-hydrogen) atoms. The maximum Gasteiger partial charge on any atom is 0.268 e. The number of amides is 2. The topological polar surface area (TPSA) is 69.6 Å². The molecule has 0 saturated carbocycles. The fourth-order valence-electron chi connectivity index (χ4n) is 4.11. The zero-order chi connectivity index (χ0) is 22.2. The fraction of sp³-hybridized carbons (Fsp3) is 0.200. The Morgan fingerprint density at radius 3 is 2.58 bits per heavy atom. The van der Waals surface area contributed by atoms with Crippen LogP contribution in [0.2, 0.25) is 0 Å². The number of halogens is 1. The van der Waals surface area contributed by atoms with E-state index in [9.17, 15) is 19.1 Å². The van der Waals surface area contributed by atoms with E-state index in [1.165, 1.54) is 23.1 Å². The third-order valence-corrected chi connectivity index (χ3v) is 5.69. The number of fused-ring (bicyclic) bond motifs is 1. The van der Waals surface area contributed by atoms with Crippen molar-refractivity contribution in [2.75, 3.05) is 16.8 Å². The molecule has 5 nitrogen and oxygen atoms in total. The van der Waals surface area contributed by atoms with Crippen LogP contribution >= 0.6 is 0 Å². The van der Waals surface area contributed by atoms with E-state index in [-0.39, 0.29) is 18.0 Å². The highest BCUT2D eigenvalue weighted by molar-refractivity contribution is 6.12. The number of aryl methyl sites for hydroxylation is 2. The van der Waals surface area contributed by atoms with E-state index in [1.54, 1.807) is 24.3 Å². The van der Waals surface area contributed by atoms with Crippen molar-refractivity contribution in [1.82, 2.24) is 0 Å². The minimum absolute atomic E-state index is 0.125. The SMILES string of the molecule is CCc1cccc(C)c1NC(=O)CN1C(=O)[C@@](O)(c2cccc(F)c2)c2ccccc21. The van der Waals surface area contributed by atoms with Crippen LogP contribution in [-0.2, 0) is 21.6 Å². The van der Waals surface area contributed by atoms with E-state index in [0.717, 1.165) is 29.3 Å². The van der Waals surface area contributed by atoms with E-state index in [2.05, 4.69) is 5.32 Å². The Morgan fingerprint density at radius 1 is 1.10 bits per heavy atom. The minimum Gasteiger partial charge on any atom is -0.372 e. The summed E-state index contributed by atoms with van der Waals surface area (Å²) in [6, 6.07) is 17.8. The van der Waals surface area contributed by atoms with Gasteiger partial charge in [0.1, 0.15) is 12.4 Å². The Bertz CT molecular complexity index is 1180. The summed E-state index contributed by atoms with van der Waals surface area (Å²) >= 11 is 0. The largest absolute Gasteiger partial charge is 0.372 e. The minimum atomic E-state index is -2.06. The number of nitrogens with zero attached hydrogens (tertiary/aromatic N) is 1. The van der Waals surface area contributed by atoms with Gasteiger partial charge in [-0.1, -0.05) is 55.5 Å². The Kier molecular flexibility index (Phi) is 5.33. The van der Waals surface area contributed by atoms with Crippen LogP contribution in [0.3, 0.4) is 0 Å². The lowest BCUT2D eigenvalue weighted by Crippen LogP contribution is -2.44. The number of benzene rings is 3. The zero-order valence-corrected chi connectivity index (χ0v) is 17.4. The molecule has 0 spiro atoms. The number of carbonyl (C=O) groups excluding carboxylic acids is 2. The van der Waals surface area contributed by atoms with Crippen molar-refractivity contribution in [3.05, 3.63) is 94.8 Å². The lowest BCUT2D eigenvalue weighted by atomic mass is 9.87. The first kappa shape index (κ1) is 20.8. The smallest absolute Gasteiger partial charge is 0.268 e. The summed E-state index contributed by atoms with van der Waals surface area (Å²) in [7, 11) is 0. The maximum absolute atomic E-state index is 13.9. The van der Waals surface area contributed by atoms with Gasteiger partial charge in [0.2, 0.25) is 5.91 Å². The molecule has 6 heteroatoms. The van der Waals surface area contributed by atoms with Crippen LogP contribution in [-0.4, -0.2) is 23.5 Å². The first-order valence-electron chi connectivity index (χ1n) is 10.1. The lowest BCUT2D eigenvalue weighted by molar-refractivity contribution is -0.133. The quantitative estimate of drug-likeness (QED) is 0.660. The van der Waals surface area contributed by atoms with Gasteiger partial charge in [0, 0.05) is 16.8 Å². The van der Waals surface area contributed by atoms with E-state index in [0.29, 0.717) is 11.3 Å². The molecule has 2 amide bonds. The van der Waals surface area contributed by atoms with Gasteiger partial charge in [-0.25, -0.2) is 4.39 Å². The Hall–Kier alpha value is -3.51. The predicted octanol–water partition coefficient (Wildman–Crippen LogP) is 3.92. The second kappa shape index (κ2) is 7.96. The molecule has 4 rings (SSSR count). The van der Waals surface area contributed by atoms with Crippen LogP contribution < -0.4 is 10.2 Å². The van der Waals surface area contributed by atoms with Crippen LogP contribution in [0, 0.1) is 12.7 Å². The zero-order valence-electron chi connectivity index (χ0n) is 17.4. The first-order chi connectivity index (χ1) is 14.9. The summed E-state index contributed by atoms with van der Waals surface area (Å²) < 4.78 is 13.9. The van der Waals surface area contributed by atoms with Crippen LogP contribution in [0.5, 0.6) is 0 Å². The molecule has 0 fully saturated rings. The normalized spacial score (nSPS) is 17.5. The highest BCUT2D eigenvalue weighted by Gasteiger charge is 2.51. The van der Waals surface area contributed by atoms with Crippen LogP contribution in [0.15, 0.2) is 66.7 Å². The number of hydrogen-bond acceptors (Lipinski definition) is 3. The summed E-state index contributed by atoms with van der Waals surface area (Å²) in [5, 5.41) is 14.3. The average molecular weight is 418 g/mol. The summed E-state index contributed by atoms with van der Waals surface area (Å²) in [6.07, 6.45) is 0.752. The van der Waals surface area contributed by atoms with Crippen molar-refractivity contribution < 1.29 is 19.1 Å². The van der Waals surface area contributed by atoms with Crippen molar-refractivity contribution in [2.45, 2.75) is 25.9 Å². The molecule has 0 bridgehead atoms. The number of nitrogens with one attached hydrogen (secondary N) is 1. The van der Waals surface area contributed by atoms with Crippen molar-refractivity contribution in [1.29, 1.82) is 0 Å². The molecule has 1 atom stereocenters. The van der Waals surface area contributed by atoms with Crippen LogP contribution in [0.25, 0.3) is 0 Å². The van der Waals surface area contributed by atoms with Crippen molar-refractivity contribution in [3.8, 4) is 0 Å². The standard InChI is InChI=1S/C25H23FN2O3/c1-3-17-9-6-8-16(2)23(17)27-22(29)15-28-21-13-5-4-12-20(21)25(31,24(28)30)18-10-7-11-19(26)14-18/h4-14,31H,3,15H2,1-2H3,(H,27,29)/t25-/m1/s1. The van der Waals surface area contributed by atoms with E-state index >= 15 is 0 Å². The van der Waals surface area contributed by atoms with Crippen LogP contribution in [0.4, 0.5) is 15.8 Å². The Labute approximate surface area is 180 Å². The number of hydrogen-bond donors (Lipinski definition) is 2. The molecule has 3 aromatic carbocycles. The highest BCUT2D eigenvalue weighted by Crippen LogP contribution is 2.44. The summed E-state index contributed by atoms with van der Waals surface area (Å²) in [6.45, 7) is 3.64. The molecule has 158 valence electrons. The number of para-hydroxylation sites is 2. The monoisotopic (exact) mass is 418 g/mol. The summed E-state index contributed by atoms with van der Waals surface area (Å²) in [5.74, 6) is -1.62. The second-order valence-electron chi connectivity index (χ2n) is 7.64. The number of carbonyl (C=O) groups is 2. The van der Waals surface area contributed by atoms with Crippen molar-refractivity contribution in [3.63, 3.8) is 0 Å². The van der Waals surface area contributed by atoms with Gasteiger partial charge < -0.3 is 10.4 Å². The van der Waals surface area contributed by atoms with Gasteiger partial charge in [0.05, 0.1) is 5.69 Å². The average Bonchev–Trinajstić information content (AvgIpc) is 2.98. The molecule has 0 unspecified atom stereocenters. The molecule has 0 saturated heterocycles. The molecule has 1 aliphatic heterocycles. The molecule has 1 aliphatic rings. The molecule has 0 aromatic heterocycles. The first-order valence-corrected chi connectivity index (χ1v) is 10.1. The van der Waals surface area contributed by atoms with Gasteiger partial charge in [-0.15, -0.1) is 0 Å². The third-order valence-electron chi connectivity index (χ3n) is 5.69. The Morgan fingerprint density at radius 2 is 1.84 bits per heavy atom. The number of rotatable bonds is 5. The van der Waals surface area contributed by atoms with Gasteiger partial charge in [0.15, 0.2) is 5.60 Å². The molecule has 3 aromatic rings. The number of anilines is 2. The summed E-state index contributed by atoms with van der Waals surface area (Å²) in [4.78, 5) is 27.5. The third kappa shape index (κ3) is 3.49. The van der Waals surface area contributed by atoms with Gasteiger partial charge in [0.25, 0.3) is 5.91 Å². The van der Waals surface area contributed by atoms with Crippen LogP contribution in [0.1, 0.15) is 29.2 Å². The molecule has 0 radical (unpaired) electrons. The lowest BCUT2D eigenvalue weighted by Gasteiger charge is -2.24.